The van der Waals surface area contributed by atoms with Gasteiger partial charge in [-0.1, -0.05) is 15.9 Å². The molecule has 5 nitrogen and oxygen atoms in total. The average Bonchev–Trinajstić information content (AvgIpc) is 3.19. The molecule has 4 rings (SSSR count). The summed E-state index contributed by atoms with van der Waals surface area (Å²) in [7, 11) is 0. The molecule has 2 aliphatic rings. The number of fused-ring (bicyclic) bond motifs is 2. The van der Waals surface area contributed by atoms with Crippen molar-refractivity contribution in [2.45, 2.75) is 23.2 Å². The van der Waals surface area contributed by atoms with Crippen LogP contribution >= 0.6 is 15.9 Å². The van der Waals surface area contributed by atoms with Crippen molar-refractivity contribution in [3.05, 3.63) is 52.6 Å². The van der Waals surface area contributed by atoms with E-state index in [0.29, 0.717) is 0 Å². The maximum Gasteiger partial charge on any atom is 0.433 e. The monoisotopic (exact) mass is 458 g/mol. The van der Waals surface area contributed by atoms with Crippen LogP contribution < -0.4 is 4.74 Å². The minimum atomic E-state index is -4.73. The van der Waals surface area contributed by atoms with Gasteiger partial charge in [0.05, 0.1) is 31.0 Å². The number of aromatic nitrogens is 1. The van der Waals surface area contributed by atoms with Gasteiger partial charge >= 0.3 is 6.18 Å². The van der Waals surface area contributed by atoms with Crippen LogP contribution in [0.2, 0.25) is 0 Å². The van der Waals surface area contributed by atoms with Crippen LogP contribution in [0.1, 0.15) is 33.6 Å². The van der Waals surface area contributed by atoms with E-state index < -0.39 is 28.3 Å². The van der Waals surface area contributed by atoms with Gasteiger partial charge in [0.2, 0.25) is 0 Å². The van der Waals surface area contributed by atoms with Crippen molar-refractivity contribution in [1.29, 1.82) is 5.26 Å². The topological polar surface area (TPSA) is 64.4 Å². The van der Waals surface area contributed by atoms with Crippen molar-refractivity contribution in [1.82, 2.24) is 4.98 Å². The lowest BCUT2D eigenvalue weighted by atomic mass is 10.0. The SMILES string of the molecule is N#Cc1cc(F)cc(Oc2cnc(C(F)(F)F)c3c2C(Br)CC32OCCO2)c1. The predicted molar refractivity (Wildman–Crippen MR) is 90.3 cm³/mol. The standard InChI is InChI=1S/C18H11BrF4N2O3/c19-12-6-17(26-1-2-27-17)15-14(12)13(8-25-16(15)18(21,22)23)28-11-4-9(7-24)3-10(20)5-11/h3-5,8,12H,1-2,6H2. The molecule has 28 heavy (non-hydrogen) atoms. The minimum Gasteiger partial charge on any atom is -0.455 e. The van der Waals surface area contributed by atoms with Gasteiger partial charge in [-0.05, 0) is 12.1 Å². The zero-order valence-electron chi connectivity index (χ0n) is 14.0. The van der Waals surface area contributed by atoms with Gasteiger partial charge in [-0.2, -0.15) is 18.4 Å². The third-order valence-corrected chi connectivity index (χ3v) is 5.26. The normalized spacial score (nSPS) is 20.2. The number of alkyl halides is 4. The Bertz CT molecular complexity index is 984. The molecule has 1 fully saturated rings. The number of ether oxygens (including phenoxy) is 3. The molecule has 1 saturated heterocycles. The van der Waals surface area contributed by atoms with Crippen LogP contribution in [0.25, 0.3) is 0 Å². The predicted octanol–water partition coefficient (Wildman–Crippen LogP) is 4.94. The van der Waals surface area contributed by atoms with Crippen molar-refractivity contribution in [3.63, 3.8) is 0 Å². The van der Waals surface area contributed by atoms with Crippen LogP contribution in [-0.2, 0) is 21.4 Å². The molecule has 1 aliphatic carbocycles. The molecule has 1 aromatic carbocycles. The van der Waals surface area contributed by atoms with E-state index in [1.54, 1.807) is 6.07 Å². The first kappa shape index (κ1) is 19.1. The molecular formula is C18H11BrF4N2O3. The van der Waals surface area contributed by atoms with Gasteiger partial charge in [-0.3, -0.25) is 0 Å². The molecule has 2 aromatic rings. The van der Waals surface area contributed by atoms with Gasteiger partial charge in [-0.15, -0.1) is 0 Å². The van der Waals surface area contributed by atoms with Crippen molar-refractivity contribution in [2.75, 3.05) is 13.2 Å². The van der Waals surface area contributed by atoms with Gasteiger partial charge in [0.15, 0.2) is 17.2 Å². The zero-order chi connectivity index (χ0) is 20.1. The Morgan fingerprint density at radius 2 is 1.96 bits per heavy atom. The Morgan fingerprint density at radius 3 is 2.61 bits per heavy atom. The average molecular weight is 459 g/mol. The van der Waals surface area contributed by atoms with Crippen LogP contribution in [0, 0.1) is 17.1 Å². The Labute approximate surface area is 165 Å². The molecule has 10 heteroatoms. The lowest BCUT2D eigenvalue weighted by molar-refractivity contribution is -0.177. The molecule has 146 valence electrons. The highest BCUT2D eigenvalue weighted by atomic mass is 79.9. The number of nitriles is 1. The lowest BCUT2D eigenvalue weighted by Gasteiger charge is -2.25. The van der Waals surface area contributed by atoms with Gasteiger partial charge in [0.25, 0.3) is 0 Å². The molecule has 0 bridgehead atoms. The molecule has 0 N–H and O–H groups in total. The maximum absolute atomic E-state index is 13.7. The summed E-state index contributed by atoms with van der Waals surface area (Å²) < 4.78 is 71.2. The van der Waals surface area contributed by atoms with Crippen molar-refractivity contribution in [2.24, 2.45) is 0 Å². The Morgan fingerprint density at radius 1 is 1.25 bits per heavy atom. The summed E-state index contributed by atoms with van der Waals surface area (Å²) in [5.41, 5.74) is -1.17. The summed E-state index contributed by atoms with van der Waals surface area (Å²) in [6.45, 7) is 0.300. The highest BCUT2D eigenvalue weighted by Crippen LogP contribution is 2.57. The maximum atomic E-state index is 13.7. The molecule has 1 atom stereocenters. The molecule has 1 unspecified atom stereocenters. The molecular weight excluding hydrogens is 448 g/mol. The van der Waals surface area contributed by atoms with Crippen LogP contribution in [0.3, 0.4) is 0 Å². The van der Waals surface area contributed by atoms with Crippen LogP contribution in [-0.4, -0.2) is 18.2 Å². The molecule has 1 spiro atoms. The van der Waals surface area contributed by atoms with E-state index in [-0.39, 0.29) is 47.8 Å². The molecule has 2 heterocycles. The number of hydrogen-bond acceptors (Lipinski definition) is 5. The Kier molecular flexibility index (Phi) is 4.56. The van der Waals surface area contributed by atoms with E-state index >= 15 is 0 Å². The summed E-state index contributed by atoms with van der Waals surface area (Å²) in [5.74, 6) is -2.31. The van der Waals surface area contributed by atoms with E-state index in [2.05, 4.69) is 20.9 Å². The lowest BCUT2D eigenvalue weighted by Crippen LogP contribution is -2.28. The number of rotatable bonds is 2. The second-order valence-corrected chi connectivity index (χ2v) is 7.37. The van der Waals surface area contributed by atoms with E-state index in [1.165, 1.54) is 6.07 Å². The van der Waals surface area contributed by atoms with Crippen molar-refractivity contribution < 1.29 is 31.8 Å². The van der Waals surface area contributed by atoms with E-state index in [4.69, 9.17) is 19.5 Å². The number of halogens is 5. The fraction of sp³-hybridized carbons (Fsp3) is 0.333. The highest BCUT2D eigenvalue weighted by molar-refractivity contribution is 9.09. The second kappa shape index (κ2) is 6.69. The van der Waals surface area contributed by atoms with Gasteiger partial charge < -0.3 is 14.2 Å². The quantitative estimate of drug-likeness (QED) is 0.470. The fourth-order valence-corrected chi connectivity index (χ4v) is 4.35. The van der Waals surface area contributed by atoms with Gasteiger partial charge in [0, 0.05) is 28.4 Å². The third kappa shape index (κ3) is 3.13. The highest BCUT2D eigenvalue weighted by Gasteiger charge is 2.55. The van der Waals surface area contributed by atoms with Gasteiger partial charge in [-0.25, -0.2) is 9.37 Å². The Balaban J connectivity index is 1.86. The van der Waals surface area contributed by atoms with Crippen LogP contribution in [0.4, 0.5) is 17.6 Å². The Hall–Kier alpha value is -2.22. The smallest absolute Gasteiger partial charge is 0.433 e. The zero-order valence-corrected chi connectivity index (χ0v) is 15.6. The first-order valence-corrected chi connectivity index (χ1v) is 9.06. The van der Waals surface area contributed by atoms with Gasteiger partial charge in [0.1, 0.15) is 11.6 Å². The fourth-order valence-electron chi connectivity index (χ4n) is 3.47. The molecule has 0 radical (unpaired) electrons. The first-order valence-electron chi connectivity index (χ1n) is 8.14. The summed E-state index contributed by atoms with van der Waals surface area (Å²) >= 11 is 3.37. The van der Waals surface area contributed by atoms with Crippen LogP contribution in [0.15, 0.2) is 24.4 Å². The number of pyridine rings is 1. The van der Waals surface area contributed by atoms with Crippen molar-refractivity contribution in [3.8, 4) is 17.6 Å². The first-order chi connectivity index (χ1) is 13.2. The second-order valence-electron chi connectivity index (χ2n) is 6.27. The molecule has 1 aromatic heterocycles. The summed E-state index contributed by atoms with van der Waals surface area (Å²) in [6.07, 6.45) is -3.70. The summed E-state index contributed by atoms with van der Waals surface area (Å²) in [4.78, 5) is 2.98. The minimum absolute atomic E-state index is 0.00432. The molecule has 0 saturated carbocycles. The number of benzene rings is 1. The summed E-state index contributed by atoms with van der Waals surface area (Å²) in [5, 5.41) is 8.96. The third-order valence-electron chi connectivity index (χ3n) is 4.48. The number of hydrogen-bond donors (Lipinski definition) is 0. The van der Waals surface area contributed by atoms with E-state index in [9.17, 15) is 17.6 Å². The van der Waals surface area contributed by atoms with E-state index in [1.807, 2.05) is 0 Å². The van der Waals surface area contributed by atoms with Crippen molar-refractivity contribution >= 4 is 15.9 Å². The van der Waals surface area contributed by atoms with Crippen LogP contribution in [0.5, 0.6) is 11.5 Å². The van der Waals surface area contributed by atoms with E-state index in [0.717, 1.165) is 18.3 Å². The summed E-state index contributed by atoms with van der Waals surface area (Å²) in [6, 6.07) is 5.12. The number of nitrogens with zero attached hydrogens (tertiary/aromatic N) is 2. The molecule has 1 aliphatic heterocycles. The molecule has 0 amide bonds. The largest absolute Gasteiger partial charge is 0.455 e.